The van der Waals surface area contributed by atoms with E-state index < -0.39 is 0 Å². The van der Waals surface area contributed by atoms with E-state index in [4.69, 9.17) is 0 Å². The zero-order valence-electron chi connectivity index (χ0n) is 11.7. The molecule has 0 aliphatic carbocycles. The van der Waals surface area contributed by atoms with Crippen molar-refractivity contribution in [2.45, 2.75) is 27.7 Å². The smallest absolute Gasteiger partial charge is 0.133 e. The first-order valence-corrected chi connectivity index (χ1v) is 6.38. The molecule has 0 bridgehead atoms. The Hall–Kier alpha value is -1.97. The SMILES string of the molecule is CCNc1nc(C)nc(-c2ccc(C)c(F)c2)c1C. The highest BCUT2D eigenvalue weighted by atomic mass is 19.1. The van der Waals surface area contributed by atoms with Crippen LogP contribution >= 0.6 is 0 Å². The highest BCUT2D eigenvalue weighted by Gasteiger charge is 2.11. The molecule has 1 heterocycles. The minimum atomic E-state index is -0.210. The molecule has 0 aliphatic heterocycles. The van der Waals surface area contributed by atoms with Crippen molar-refractivity contribution in [3.05, 3.63) is 41.0 Å². The molecule has 2 aromatic rings. The first-order chi connectivity index (χ1) is 9.02. The third-order valence-corrected chi connectivity index (χ3v) is 3.05. The van der Waals surface area contributed by atoms with Crippen LogP contribution in [0, 0.1) is 26.6 Å². The molecule has 1 N–H and O–H groups in total. The summed E-state index contributed by atoms with van der Waals surface area (Å²) in [6, 6.07) is 5.19. The Bertz CT molecular complexity index is 609. The van der Waals surface area contributed by atoms with Crippen LogP contribution in [0.25, 0.3) is 11.3 Å². The Morgan fingerprint density at radius 1 is 1.16 bits per heavy atom. The van der Waals surface area contributed by atoms with Crippen LogP contribution in [-0.2, 0) is 0 Å². The van der Waals surface area contributed by atoms with Crippen LogP contribution in [0.1, 0.15) is 23.9 Å². The maximum absolute atomic E-state index is 13.7. The van der Waals surface area contributed by atoms with Gasteiger partial charge in [0.25, 0.3) is 0 Å². The Morgan fingerprint density at radius 3 is 2.53 bits per heavy atom. The van der Waals surface area contributed by atoms with Gasteiger partial charge in [-0.05, 0) is 39.3 Å². The monoisotopic (exact) mass is 259 g/mol. The van der Waals surface area contributed by atoms with Crippen molar-refractivity contribution in [3.8, 4) is 11.3 Å². The fraction of sp³-hybridized carbons (Fsp3) is 0.333. The van der Waals surface area contributed by atoms with Crippen LogP contribution in [0.2, 0.25) is 0 Å². The summed E-state index contributed by atoms with van der Waals surface area (Å²) in [6.07, 6.45) is 0. The molecule has 0 unspecified atom stereocenters. The van der Waals surface area contributed by atoms with Gasteiger partial charge < -0.3 is 5.32 Å². The predicted octanol–water partition coefficient (Wildman–Crippen LogP) is 3.64. The van der Waals surface area contributed by atoms with E-state index in [1.807, 2.05) is 26.8 Å². The summed E-state index contributed by atoms with van der Waals surface area (Å²) in [6.45, 7) is 8.35. The zero-order chi connectivity index (χ0) is 14.0. The number of nitrogens with one attached hydrogen (secondary N) is 1. The van der Waals surface area contributed by atoms with Crippen LogP contribution in [0.3, 0.4) is 0 Å². The Kier molecular flexibility index (Phi) is 3.79. The highest BCUT2D eigenvalue weighted by molar-refractivity contribution is 5.68. The number of aromatic nitrogens is 2. The first kappa shape index (κ1) is 13.5. The van der Waals surface area contributed by atoms with Gasteiger partial charge in [0.05, 0.1) is 5.69 Å². The van der Waals surface area contributed by atoms with Crippen LogP contribution in [0.15, 0.2) is 18.2 Å². The summed E-state index contributed by atoms with van der Waals surface area (Å²) in [7, 11) is 0. The van der Waals surface area contributed by atoms with Gasteiger partial charge in [-0.2, -0.15) is 0 Å². The molecule has 0 fully saturated rings. The van der Waals surface area contributed by atoms with Crippen molar-refractivity contribution >= 4 is 5.82 Å². The third kappa shape index (κ3) is 2.72. The summed E-state index contributed by atoms with van der Waals surface area (Å²) >= 11 is 0. The lowest BCUT2D eigenvalue weighted by Crippen LogP contribution is -2.06. The van der Waals surface area contributed by atoms with Gasteiger partial charge in [-0.3, -0.25) is 0 Å². The molecule has 0 amide bonds. The van der Waals surface area contributed by atoms with Gasteiger partial charge in [0.15, 0.2) is 0 Å². The Morgan fingerprint density at radius 2 is 1.89 bits per heavy atom. The molecule has 0 atom stereocenters. The average Bonchev–Trinajstić information content (AvgIpc) is 2.37. The molecule has 0 spiro atoms. The van der Waals surface area contributed by atoms with Gasteiger partial charge in [-0.15, -0.1) is 0 Å². The van der Waals surface area contributed by atoms with E-state index >= 15 is 0 Å². The van der Waals surface area contributed by atoms with E-state index in [2.05, 4.69) is 15.3 Å². The number of aryl methyl sites for hydroxylation is 2. The second kappa shape index (κ2) is 5.34. The predicted molar refractivity (Wildman–Crippen MR) is 75.8 cm³/mol. The van der Waals surface area contributed by atoms with Crippen LogP contribution < -0.4 is 5.32 Å². The summed E-state index contributed by atoms with van der Waals surface area (Å²) in [4.78, 5) is 8.81. The van der Waals surface area contributed by atoms with Gasteiger partial charge in [0.1, 0.15) is 17.5 Å². The lowest BCUT2D eigenvalue weighted by Gasteiger charge is -2.12. The van der Waals surface area contributed by atoms with E-state index in [0.29, 0.717) is 11.4 Å². The number of anilines is 1. The molecule has 4 heteroatoms. The maximum Gasteiger partial charge on any atom is 0.133 e. The van der Waals surface area contributed by atoms with Gasteiger partial charge in [0.2, 0.25) is 0 Å². The molecule has 1 aromatic carbocycles. The van der Waals surface area contributed by atoms with Crippen molar-refractivity contribution in [1.29, 1.82) is 0 Å². The molecule has 0 saturated heterocycles. The van der Waals surface area contributed by atoms with Crippen molar-refractivity contribution in [2.75, 3.05) is 11.9 Å². The fourth-order valence-corrected chi connectivity index (χ4v) is 1.99. The van der Waals surface area contributed by atoms with Crippen LogP contribution in [0.4, 0.5) is 10.2 Å². The summed E-state index contributed by atoms with van der Waals surface area (Å²) in [5.74, 6) is 1.28. The summed E-state index contributed by atoms with van der Waals surface area (Å²) in [5, 5.41) is 3.21. The Labute approximate surface area is 112 Å². The largest absolute Gasteiger partial charge is 0.370 e. The molecule has 2 rings (SSSR count). The standard InChI is InChI=1S/C15H18FN3/c1-5-17-15-10(3)14(18-11(4)19-15)12-7-6-9(2)13(16)8-12/h6-8H,5H2,1-4H3,(H,17,18,19). The molecule has 1 aromatic heterocycles. The molecule has 19 heavy (non-hydrogen) atoms. The lowest BCUT2D eigenvalue weighted by atomic mass is 10.0. The quantitative estimate of drug-likeness (QED) is 0.914. The highest BCUT2D eigenvalue weighted by Crippen LogP contribution is 2.27. The number of rotatable bonds is 3. The first-order valence-electron chi connectivity index (χ1n) is 6.38. The van der Waals surface area contributed by atoms with E-state index in [1.165, 1.54) is 6.07 Å². The van der Waals surface area contributed by atoms with Crippen molar-refractivity contribution in [3.63, 3.8) is 0 Å². The number of benzene rings is 1. The maximum atomic E-state index is 13.7. The molecular formula is C15H18FN3. The van der Waals surface area contributed by atoms with E-state index in [1.54, 1.807) is 13.0 Å². The number of hydrogen-bond acceptors (Lipinski definition) is 3. The van der Waals surface area contributed by atoms with Crippen molar-refractivity contribution in [2.24, 2.45) is 0 Å². The molecule has 100 valence electrons. The molecule has 0 aliphatic rings. The second-order valence-electron chi connectivity index (χ2n) is 4.59. The van der Waals surface area contributed by atoms with Crippen molar-refractivity contribution in [1.82, 2.24) is 9.97 Å². The molecule has 3 nitrogen and oxygen atoms in total. The number of nitrogens with zero attached hydrogens (tertiary/aromatic N) is 2. The molecule has 0 saturated carbocycles. The molecule has 0 radical (unpaired) electrons. The number of hydrogen-bond donors (Lipinski definition) is 1. The third-order valence-electron chi connectivity index (χ3n) is 3.05. The van der Waals surface area contributed by atoms with Crippen molar-refractivity contribution < 1.29 is 4.39 Å². The van der Waals surface area contributed by atoms with Crippen LogP contribution in [0.5, 0.6) is 0 Å². The summed E-state index contributed by atoms with van der Waals surface area (Å²) < 4.78 is 13.7. The van der Waals surface area contributed by atoms with E-state index in [0.717, 1.165) is 29.2 Å². The van der Waals surface area contributed by atoms with Gasteiger partial charge in [-0.25, -0.2) is 14.4 Å². The van der Waals surface area contributed by atoms with Gasteiger partial charge in [-0.1, -0.05) is 12.1 Å². The van der Waals surface area contributed by atoms with Crippen LogP contribution in [-0.4, -0.2) is 16.5 Å². The van der Waals surface area contributed by atoms with E-state index in [9.17, 15) is 4.39 Å². The zero-order valence-corrected chi connectivity index (χ0v) is 11.7. The summed E-state index contributed by atoms with van der Waals surface area (Å²) in [5.41, 5.74) is 3.14. The minimum Gasteiger partial charge on any atom is -0.370 e. The molecular weight excluding hydrogens is 241 g/mol. The number of halogens is 1. The lowest BCUT2D eigenvalue weighted by molar-refractivity contribution is 0.619. The topological polar surface area (TPSA) is 37.8 Å². The fourth-order valence-electron chi connectivity index (χ4n) is 1.99. The average molecular weight is 259 g/mol. The normalized spacial score (nSPS) is 10.6. The van der Waals surface area contributed by atoms with Gasteiger partial charge in [0, 0.05) is 17.7 Å². The second-order valence-corrected chi connectivity index (χ2v) is 4.59. The van der Waals surface area contributed by atoms with Gasteiger partial charge >= 0.3 is 0 Å². The van der Waals surface area contributed by atoms with E-state index in [-0.39, 0.29) is 5.82 Å². The Balaban J connectivity index is 2.57. The minimum absolute atomic E-state index is 0.210.